The molecular formula is C26H26O. The number of benzene rings is 3. The first kappa shape index (κ1) is 18.7. The largest absolute Gasteiger partial charge is 0.457 e. The second-order valence-corrected chi connectivity index (χ2v) is 6.37. The van der Waals surface area contributed by atoms with Gasteiger partial charge in [0.05, 0.1) is 0 Å². The highest BCUT2D eigenvalue weighted by Crippen LogP contribution is 2.29. The lowest BCUT2D eigenvalue weighted by atomic mass is 9.97. The Kier molecular flexibility index (Phi) is 6.65. The molecule has 0 fully saturated rings. The van der Waals surface area contributed by atoms with E-state index in [0.29, 0.717) is 0 Å². The van der Waals surface area contributed by atoms with E-state index in [9.17, 15) is 0 Å². The molecule has 0 amide bonds. The molecule has 27 heavy (non-hydrogen) atoms. The molecule has 0 saturated carbocycles. The maximum Gasteiger partial charge on any atom is 0.134 e. The molecule has 0 atom stereocenters. The Morgan fingerprint density at radius 2 is 1.41 bits per heavy atom. The van der Waals surface area contributed by atoms with Crippen LogP contribution in [0.15, 0.2) is 91.0 Å². The summed E-state index contributed by atoms with van der Waals surface area (Å²) in [4.78, 5) is 0. The molecule has 1 nitrogen and oxygen atoms in total. The van der Waals surface area contributed by atoms with Crippen LogP contribution in [0.5, 0.6) is 11.5 Å². The van der Waals surface area contributed by atoms with E-state index in [1.807, 2.05) is 30.3 Å². The minimum Gasteiger partial charge on any atom is -0.457 e. The molecular weight excluding hydrogens is 328 g/mol. The fraction of sp³-hybridized carbons (Fsp3) is 0.154. The van der Waals surface area contributed by atoms with Crippen molar-refractivity contribution in [3.05, 3.63) is 108 Å². The van der Waals surface area contributed by atoms with Gasteiger partial charge < -0.3 is 4.74 Å². The Balaban J connectivity index is 1.84. The van der Waals surface area contributed by atoms with Crippen LogP contribution in [0.1, 0.15) is 43.4 Å². The van der Waals surface area contributed by atoms with Crippen LogP contribution in [0, 0.1) is 0 Å². The Labute approximate surface area is 162 Å². The van der Waals surface area contributed by atoms with Crippen LogP contribution in [0.25, 0.3) is 11.6 Å². The number of hydrogen-bond donors (Lipinski definition) is 0. The summed E-state index contributed by atoms with van der Waals surface area (Å²) in [5.74, 6) is 1.72. The molecule has 3 aromatic rings. The number of ether oxygens (including phenoxy) is 1. The van der Waals surface area contributed by atoms with Gasteiger partial charge >= 0.3 is 0 Å². The lowest BCUT2D eigenvalue weighted by Crippen LogP contribution is -1.90. The minimum absolute atomic E-state index is 0.847. The molecule has 0 saturated heterocycles. The third kappa shape index (κ3) is 4.98. The topological polar surface area (TPSA) is 9.23 Å². The predicted molar refractivity (Wildman–Crippen MR) is 116 cm³/mol. The first-order valence-electron chi connectivity index (χ1n) is 9.61. The first-order valence-corrected chi connectivity index (χ1v) is 9.61. The number of rotatable bonds is 7. The normalized spacial score (nSPS) is 11.7. The van der Waals surface area contributed by atoms with Gasteiger partial charge in [0.2, 0.25) is 0 Å². The zero-order valence-electron chi connectivity index (χ0n) is 16.1. The van der Waals surface area contributed by atoms with Gasteiger partial charge in [-0.05, 0) is 47.7 Å². The number of hydrogen-bond acceptors (Lipinski definition) is 1. The fourth-order valence-electron chi connectivity index (χ4n) is 3.01. The summed E-state index contributed by atoms with van der Waals surface area (Å²) in [7, 11) is 0. The molecule has 0 N–H and O–H groups in total. The van der Waals surface area contributed by atoms with Gasteiger partial charge in [-0.2, -0.15) is 0 Å². The average molecular weight is 354 g/mol. The van der Waals surface area contributed by atoms with Crippen molar-refractivity contribution >= 4 is 11.6 Å². The van der Waals surface area contributed by atoms with Crippen molar-refractivity contribution in [1.29, 1.82) is 0 Å². The summed E-state index contributed by atoms with van der Waals surface area (Å²) in [5, 5.41) is 0. The Bertz CT molecular complexity index is 902. The second kappa shape index (κ2) is 9.59. The molecule has 3 aromatic carbocycles. The van der Waals surface area contributed by atoms with Gasteiger partial charge in [0.25, 0.3) is 0 Å². The van der Waals surface area contributed by atoms with E-state index in [0.717, 1.165) is 29.9 Å². The van der Waals surface area contributed by atoms with Crippen molar-refractivity contribution in [2.45, 2.75) is 26.7 Å². The van der Waals surface area contributed by atoms with Crippen LogP contribution in [-0.2, 0) is 0 Å². The van der Waals surface area contributed by atoms with Crippen molar-refractivity contribution in [1.82, 2.24) is 0 Å². The summed E-state index contributed by atoms with van der Waals surface area (Å²) in [6, 6.07) is 27.0. The van der Waals surface area contributed by atoms with Gasteiger partial charge in [-0.3, -0.25) is 0 Å². The molecule has 0 unspecified atom stereocenters. The van der Waals surface area contributed by atoms with Gasteiger partial charge in [-0.15, -0.1) is 0 Å². The maximum absolute atomic E-state index is 6.14. The molecule has 0 spiro atoms. The van der Waals surface area contributed by atoms with Crippen molar-refractivity contribution in [2.75, 3.05) is 0 Å². The van der Waals surface area contributed by atoms with Gasteiger partial charge in [0.1, 0.15) is 11.5 Å². The number of allylic oxidation sites excluding steroid dienone is 2. The van der Waals surface area contributed by atoms with E-state index < -0.39 is 0 Å². The molecule has 0 aromatic heterocycles. The molecule has 0 bridgehead atoms. The predicted octanol–water partition coefficient (Wildman–Crippen LogP) is 7.74. The van der Waals surface area contributed by atoms with Crippen LogP contribution >= 0.6 is 0 Å². The van der Waals surface area contributed by atoms with E-state index in [1.54, 1.807) is 0 Å². The summed E-state index contributed by atoms with van der Waals surface area (Å²) in [6.45, 7) is 4.30. The quantitative estimate of drug-likeness (QED) is 0.421. The monoisotopic (exact) mass is 354 g/mol. The average Bonchev–Trinajstić information content (AvgIpc) is 2.73. The first-order chi connectivity index (χ1) is 13.3. The Morgan fingerprint density at radius 3 is 2.11 bits per heavy atom. The molecule has 136 valence electrons. The Morgan fingerprint density at radius 1 is 0.741 bits per heavy atom. The third-order valence-electron chi connectivity index (χ3n) is 4.34. The summed E-state index contributed by atoms with van der Waals surface area (Å²) in [6.07, 6.45) is 8.54. The third-order valence-corrected chi connectivity index (χ3v) is 4.34. The van der Waals surface area contributed by atoms with E-state index in [4.69, 9.17) is 4.74 Å². The van der Waals surface area contributed by atoms with Gasteiger partial charge in [0, 0.05) is 5.56 Å². The van der Waals surface area contributed by atoms with Crippen molar-refractivity contribution in [3.63, 3.8) is 0 Å². The van der Waals surface area contributed by atoms with Crippen LogP contribution in [-0.4, -0.2) is 0 Å². The highest BCUT2D eigenvalue weighted by atomic mass is 16.5. The second-order valence-electron chi connectivity index (χ2n) is 6.37. The van der Waals surface area contributed by atoms with Crippen LogP contribution in [0.4, 0.5) is 0 Å². The lowest BCUT2D eigenvalue weighted by Gasteiger charge is -2.12. The van der Waals surface area contributed by atoms with Crippen LogP contribution in [0.2, 0.25) is 0 Å². The van der Waals surface area contributed by atoms with Crippen molar-refractivity contribution in [3.8, 4) is 11.5 Å². The van der Waals surface area contributed by atoms with Crippen molar-refractivity contribution in [2.24, 2.45) is 0 Å². The number of para-hydroxylation sites is 1. The van der Waals surface area contributed by atoms with E-state index in [2.05, 4.69) is 80.6 Å². The molecule has 1 heteroatoms. The Hall–Kier alpha value is -3.06. The standard InChI is InChI=1S/C26H26O/c1-3-5-12-23-15-9-10-16-26(23)27-24-19-17-22(18-20-24)25(11-4-2)21-13-7-6-8-14-21/h5-20H,3-4H2,1-2H3/b12-5+,25-11+. The zero-order valence-corrected chi connectivity index (χ0v) is 16.1. The minimum atomic E-state index is 0.847. The van der Waals surface area contributed by atoms with Crippen LogP contribution in [0.3, 0.4) is 0 Å². The summed E-state index contributed by atoms with van der Waals surface area (Å²) in [5.41, 5.74) is 4.80. The van der Waals surface area contributed by atoms with E-state index in [1.165, 1.54) is 16.7 Å². The fourth-order valence-corrected chi connectivity index (χ4v) is 3.01. The van der Waals surface area contributed by atoms with E-state index >= 15 is 0 Å². The molecule has 0 heterocycles. The summed E-state index contributed by atoms with van der Waals surface area (Å²) >= 11 is 0. The summed E-state index contributed by atoms with van der Waals surface area (Å²) < 4.78 is 6.14. The van der Waals surface area contributed by atoms with E-state index in [-0.39, 0.29) is 0 Å². The SMILES string of the molecule is CC/C=C/c1ccccc1Oc1ccc(/C(=C/CC)c2ccccc2)cc1. The molecule has 0 radical (unpaired) electrons. The highest BCUT2D eigenvalue weighted by molar-refractivity contribution is 5.79. The van der Waals surface area contributed by atoms with Gasteiger partial charge in [-0.25, -0.2) is 0 Å². The molecule has 3 rings (SSSR count). The molecule has 0 aliphatic carbocycles. The van der Waals surface area contributed by atoms with Gasteiger partial charge in [-0.1, -0.05) is 92.7 Å². The smallest absolute Gasteiger partial charge is 0.134 e. The zero-order chi connectivity index (χ0) is 18.9. The van der Waals surface area contributed by atoms with Gasteiger partial charge in [0.15, 0.2) is 0 Å². The molecule has 0 aliphatic rings. The van der Waals surface area contributed by atoms with Crippen molar-refractivity contribution < 1.29 is 4.74 Å². The lowest BCUT2D eigenvalue weighted by molar-refractivity contribution is 0.481. The van der Waals surface area contributed by atoms with Crippen LogP contribution < -0.4 is 4.74 Å². The maximum atomic E-state index is 6.14. The molecule has 0 aliphatic heterocycles. The highest BCUT2D eigenvalue weighted by Gasteiger charge is 2.06.